The van der Waals surface area contributed by atoms with E-state index in [0.29, 0.717) is 36.6 Å². The number of para-hydroxylation sites is 1. The van der Waals surface area contributed by atoms with E-state index in [9.17, 15) is 9.59 Å². The highest BCUT2D eigenvalue weighted by molar-refractivity contribution is 6.09. The van der Waals surface area contributed by atoms with Gasteiger partial charge in [-0.3, -0.25) is 9.59 Å². The third-order valence-corrected chi connectivity index (χ3v) is 4.78. The molecule has 0 aliphatic carbocycles. The van der Waals surface area contributed by atoms with Crippen LogP contribution in [0.1, 0.15) is 39.6 Å². The van der Waals surface area contributed by atoms with E-state index in [-0.39, 0.29) is 11.8 Å². The number of ether oxygens (including phenoxy) is 1. The number of anilines is 2. The summed E-state index contributed by atoms with van der Waals surface area (Å²) in [4.78, 5) is 27.4. The molecule has 148 valence electrons. The second kappa shape index (κ2) is 9.37. The predicted octanol–water partition coefficient (Wildman–Crippen LogP) is 3.22. The third kappa shape index (κ3) is 4.70. The van der Waals surface area contributed by atoms with Gasteiger partial charge in [-0.15, -0.1) is 0 Å². The van der Waals surface area contributed by atoms with Crippen LogP contribution >= 0.6 is 0 Å². The number of hydrogen-bond donors (Lipinski definition) is 2. The second-order valence-electron chi connectivity index (χ2n) is 6.86. The maximum Gasteiger partial charge on any atom is 0.257 e. The van der Waals surface area contributed by atoms with Crippen LogP contribution in [0.25, 0.3) is 0 Å². The molecule has 1 heterocycles. The molecule has 0 atom stereocenters. The second-order valence-corrected chi connectivity index (χ2v) is 6.86. The lowest BCUT2D eigenvalue weighted by atomic mass is 10.1. The van der Waals surface area contributed by atoms with Gasteiger partial charge < -0.3 is 20.3 Å². The number of nitrogens with one attached hydrogen (secondary N) is 2. The highest BCUT2D eigenvalue weighted by Crippen LogP contribution is 2.24. The van der Waals surface area contributed by atoms with Crippen molar-refractivity contribution in [1.82, 2.24) is 5.32 Å². The highest BCUT2D eigenvalue weighted by Gasteiger charge is 2.19. The van der Waals surface area contributed by atoms with Crippen molar-refractivity contribution in [3.63, 3.8) is 0 Å². The Morgan fingerprint density at radius 3 is 2.57 bits per heavy atom. The summed E-state index contributed by atoms with van der Waals surface area (Å²) in [7, 11) is 0. The molecule has 28 heavy (non-hydrogen) atoms. The smallest absolute Gasteiger partial charge is 0.257 e. The molecular weight excluding hydrogens is 354 g/mol. The van der Waals surface area contributed by atoms with Crippen molar-refractivity contribution in [2.24, 2.45) is 0 Å². The van der Waals surface area contributed by atoms with Crippen LogP contribution in [-0.2, 0) is 4.74 Å². The molecule has 0 aromatic heterocycles. The Kier molecular flexibility index (Phi) is 6.66. The maximum atomic E-state index is 13.0. The van der Waals surface area contributed by atoms with Gasteiger partial charge in [-0.05, 0) is 43.2 Å². The van der Waals surface area contributed by atoms with Crippen LogP contribution < -0.4 is 15.5 Å². The topological polar surface area (TPSA) is 70.7 Å². The van der Waals surface area contributed by atoms with E-state index in [0.717, 1.165) is 30.8 Å². The number of rotatable bonds is 6. The van der Waals surface area contributed by atoms with Gasteiger partial charge in [0.25, 0.3) is 11.8 Å². The average Bonchev–Trinajstić information content (AvgIpc) is 2.74. The Hall–Kier alpha value is -2.86. The first-order chi connectivity index (χ1) is 13.6. The zero-order valence-corrected chi connectivity index (χ0v) is 16.5. The highest BCUT2D eigenvalue weighted by atomic mass is 16.5. The molecular formula is C22H27N3O3. The van der Waals surface area contributed by atoms with E-state index in [1.165, 1.54) is 0 Å². The molecule has 1 fully saturated rings. The Bertz CT molecular complexity index is 845. The standard InChI is InChI=1S/C22H27N3O3/c1-3-10-23-21(26)17-9-8-16(2)19(15-17)24-22(27)18-6-4-5-7-20(18)25-11-13-28-14-12-25/h4-9,15H,3,10-14H2,1-2H3,(H,23,26)(H,24,27). The van der Waals surface area contributed by atoms with Crippen molar-refractivity contribution in [3.8, 4) is 0 Å². The van der Waals surface area contributed by atoms with Crippen molar-refractivity contribution in [1.29, 1.82) is 0 Å². The van der Waals surface area contributed by atoms with Crippen LogP contribution in [-0.4, -0.2) is 44.7 Å². The number of amides is 2. The lowest BCUT2D eigenvalue weighted by Gasteiger charge is -2.30. The summed E-state index contributed by atoms with van der Waals surface area (Å²) in [6.45, 7) is 7.38. The third-order valence-electron chi connectivity index (χ3n) is 4.78. The van der Waals surface area contributed by atoms with Crippen molar-refractivity contribution >= 4 is 23.2 Å². The van der Waals surface area contributed by atoms with Crippen LogP contribution in [0.2, 0.25) is 0 Å². The summed E-state index contributed by atoms with van der Waals surface area (Å²) >= 11 is 0. The van der Waals surface area contributed by atoms with Crippen LogP contribution in [0, 0.1) is 6.92 Å². The Morgan fingerprint density at radius 1 is 1.07 bits per heavy atom. The van der Waals surface area contributed by atoms with Crippen LogP contribution in [0.3, 0.4) is 0 Å². The minimum Gasteiger partial charge on any atom is -0.378 e. The molecule has 0 bridgehead atoms. The number of benzene rings is 2. The molecule has 0 radical (unpaired) electrons. The average molecular weight is 381 g/mol. The number of carbonyl (C=O) groups is 2. The summed E-state index contributed by atoms with van der Waals surface area (Å²) in [5.74, 6) is -0.317. The largest absolute Gasteiger partial charge is 0.378 e. The molecule has 6 heteroatoms. The van der Waals surface area contributed by atoms with E-state index >= 15 is 0 Å². The first kappa shape index (κ1) is 19.9. The van der Waals surface area contributed by atoms with E-state index in [2.05, 4.69) is 15.5 Å². The van der Waals surface area contributed by atoms with Crippen LogP contribution in [0.15, 0.2) is 42.5 Å². The first-order valence-corrected chi connectivity index (χ1v) is 9.72. The van der Waals surface area contributed by atoms with Crippen LogP contribution in [0.5, 0.6) is 0 Å². The van der Waals surface area contributed by atoms with Gasteiger partial charge in [-0.2, -0.15) is 0 Å². The number of hydrogen-bond acceptors (Lipinski definition) is 4. The van der Waals surface area contributed by atoms with Gasteiger partial charge in [-0.25, -0.2) is 0 Å². The van der Waals surface area contributed by atoms with Crippen molar-refractivity contribution in [2.75, 3.05) is 43.1 Å². The van der Waals surface area contributed by atoms with Gasteiger partial charge in [0.2, 0.25) is 0 Å². The van der Waals surface area contributed by atoms with Gasteiger partial charge in [-0.1, -0.05) is 25.1 Å². The Labute approximate surface area is 165 Å². The molecule has 2 amide bonds. The van der Waals surface area contributed by atoms with Gasteiger partial charge in [0, 0.05) is 36.6 Å². The molecule has 0 saturated carbocycles. The summed E-state index contributed by atoms with van der Waals surface area (Å²) in [5.41, 5.74) is 3.61. The lowest BCUT2D eigenvalue weighted by Crippen LogP contribution is -2.37. The fourth-order valence-electron chi connectivity index (χ4n) is 3.17. The fourth-order valence-corrected chi connectivity index (χ4v) is 3.17. The van der Waals surface area contributed by atoms with Gasteiger partial charge in [0.1, 0.15) is 0 Å². The van der Waals surface area contributed by atoms with Crippen molar-refractivity contribution in [2.45, 2.75) is 20.3 Å². The van der Waals surface area contributed by atoms with E-state index in [4.69, 9.17) is 4.74 Å². The van der Waals surface area contributed by atoms with Gasteiger partial charge in [0.05, 0.1) is 18.8 Å². The molecule has 0 unspecified atom stereocenters. The van der Waals surface area contributed by atoms with Gasteiger partial charge >= 0.3 is 0 Å². The normalized spacial score (nSPS) is 13.9. The number of aryl methyl sites for hydroxylation is 1. The van der Waals surface area contributed by atoms with Crippen molar-refractivity contribution < 1.29 is 14.3 Å². The summed E-state index contributed by atoms with van der Waals surface area (Å²) in [6, 6.07) is 12.9. The summed E-state index contributed by atoms with van der Waals surface area (Å²) in [5, 5.41) is 5.84. The number of morpholine rings is 1. The molecule has 2 N–H and O–H groups in total. The first-order valence-electron chi connectivity index (χ1n) is 9.72. The van der Waals surface area contributed by atoms with Crippen molar-refractivity contribution in [3.05, 3.63) is 59.2 Å². The fraction of sp³-hybridized carbons (Fsp3) is 0.364. The van der Waals surface area contributed by atoms with Crippen LogP contribution in [0.4, 0.5) is 11.4 Å². The quantitative estimate of drug-likeness (QED) is 0.806. The van der Waals surface area contributed by atoms with E-state index < -0.39 is 0 Å². The zero-order chi connectivity index (χ0) is 19.9. The molecule has 1 saturated heterocycles. The Balaban J connectivity index is 1.81. The number of carbonyl (C=O) groups excluding carboxylic acids is 2. The minimum absolute atomic E-state index is 0.133. The molecule has 2 aromatic carbocycles. The maximum absolute atomic E-state index is 13.0. The zero-order valence-electron chi connectivity index (χ0n) is 16.5. The predicted molar refractivity (Wildman–Crippen MR) is 111 cm³/mol. The summed E-state index contributed by atoms with van der Waals surface area (Å²) < 4.78 is 5.42. The SMILES string of the molecule is CCCNC(=O)c1ccc(C)c(NC(=O)c2ccccc2N2CCOCC2)c1. The molecule has 6 nitrogen and oxygen atoms in total. The molecule has 2 aromatic rings. The van der Waals surface area contributed by atoms with E-state index in [1.807, 2.05) is 44.2 Å². The molecule has 0 spiro atoms. The molecule has 3 rings (SSSR count). The summed E-state index contributed by atoms with van der Waals surface area (Å²) in [6.07, 6.45) is 0.875. The van der Waals surface area contributed by atoms with E-state index in [1.54, 1.807) is 12.1 Å². The monoisotopic (exact) mass is 381 g/mol. The lowest BCUT2D eigenvalue weighted by molar-refractivity contribution is 0.0952. The van der Waals surface area contributed by atoms with Gasteiger partial charge in [0.15, 0.2) is 0 Å². The molecule has 1 aliphatic heterocycles. The number of nitrogens with zero attached hydrogens (tertiary/aromatic N) is 1. The Morgan fingerprint density at radius 2 is 1.82 bits per heavy atom. The minimum atomic E-state index is -0.184. The molecule has 1 aliphatic rings.